The lowest BCUT2D eigenvalue weighted by atomic mass is 9.79. The molecule has 1 unspecified atom stereocenters. The monoisotopic (exact) mass is 239 g/mol. The zero-order valence-corrected chi connectivity index (χ0v) is 11.3. The van der Waals surface area contributed by atoms with Gasteiger partial charge in [-0.3, -0.25) is 0 Å². The normalized spacial score (nSPS) is 14.8. The highest BCUT2D eigenvalue weighted by molar-refractivity contribution is 6.30. The van der Waals surface area contributed by atoms with E-state index in [4.69, 9.17) is 11.6 Å². The molecule has 1 aromatic carbocycles. The Morgan fingerprint density at radius 1 is 1.25 bits per heavy atom. The van der Waals surface area contributed by atoms with Gasteiger partial charge in [0.1, 0.15) is 0 Å². The molecule has 0 saturated carbocycles. The van der Waals surface area contributed by atoms with Gasteiger partial charge in [-0.1, -0.05) is 44.0 Å². The summed E-state index contributed by atoms with van der Waals surface area (Å²) in [5.74, 6) is 0. The van der Waals surface area contributed by atoms with Gasteiger partial charge in [-0.05, 0) is 43.0 Å². The Morgan fingerprint density at radius 3 is 2.38 bits per heavy atom. The molecule has 90 valence electrons. The van der Waals surface area contributed by atoms with Gasteiger partial charge in [0, 0.05) is 11.6 Å². The van der Waals surface area contributed by atoms with Crippen molar-refractivity contribution in [1.82, 2.24) is 5.32 Å². The quantitative estimate of drug-likeness (QED) is 0.794. The van der Waals surface area contributed by atoms with Crippen molar-refractivity contribution >= 4 is 11.6 Å². The van der Waals surface area contributed by atoms with E-state index in [2.05, 4.69) is 31.3 Å². The van der Waals surface area contributed by atoms with Crippen molar-refractivity contribution < 1.29 is 0 Å². The zero-order chi connectivity index (χ0) is 12.0. The van der Waals surface area contributed by atoms with Crippen LogP contribution in [0.15, 0.2) is 24.3 Å². The van der Waals surface area contributed by atoms with Crippen molar-refractivity contribution in [1.29, 1.82) is 0 Å². The molecule has 0 fully saturated rings. The van der Waals surface area contributed by atoms with Crippen molar-refractivity contribution in [2.24, 2.45) is 5.41 Å². The summed E-state index contributed by atoms with van der Waals surface area (Å²) in [5.41, 5.74) is 1.72. The van der Waals surface area contributed by atoms with Crippen molar-refractivity contribution in [2.45, 2.75) is 33.1 Å². The second-order valence-corrected chi connectivity index (χ2v) is 5.33. The van der Waals surface area contributed by atoms with Crippen LogP contribution in [0.1, 0.15) is 32.3 Å². The van der Waals surface area contributed by atoms with Gasteiger partial charge in [0.05, 0.1) is 0 Å². The van der Waals surface area contributed by atoms with E-state index in [0.717, 1.165) is 18.0 Å². The highest BCUT2D eigenvalue weighted by atomic mass is 35.5. The van der Waals surface area contributed by atoms with Gasteiger partial charge in [-0.2, -0.15) is 0 Å². The molecule has 2 heteroatoms. The Morgan fingerprint density at radius 2 is 1.88 bits per heavy atom. The van der Waals surface area contributed by atoms with Crippen molar-refractivity contribution in [2.75, 3.05) is 13.6 Å². The van der Waals surface area contributed by atoms with Crippen LogP contribution in [0.3, 0.4) is 0 Å². The molecule has 0 spiro atoms. The predicted molar refractivity (Wildman–Crippen MR) is 72.1 cm³/mol. The summed E-state index contributed by atoms with van der Waals surface area (Å²) in [6.45, 7) is 5.65. The van der Waals surface area contributed by atoms with Crippen LogP contribution in [0, 0.1) is 5.41 Å². The predicted octanol–water partition coefficient (Wildman–Crippen LogP) is 3.91. The van der Waals surface area contributed by atoms with Gasteiger partial charge >= 0.3 is 0 Å². The number of rotatable bonds is 6. The van der Waals surface area contributed by atoms with Gasteiger partial charge in [0.2, 0.25) is 0 Å². The molecule has 0 aliphatic rings. The van der Waals surface area contributed by atoms with Gasteiger partial charge in [-0.15, -0.1) is 0 Å². The zero-order valence-electron chi connectivity index (χ0n) is 10.5. The van der Waals surface area contributed by atoms with Gasteiger partial charge in [0.15, 0.2) is 0 Å². The minimum absolute atomic E-state index is 0.345. The van der Waals surface area contributed by atoms with Gasteiger partial charge in [0.25, 0.3) is 0 Å². The second kappa shape index (κ2) is 6.27. The van der Waals surface area contributed by atoms with Crippen molar-refractivity contribution in [3.63, 3.8) is 0 Å². The maximum Gasteiger partial charge on any atom is 0.0406 e. The summed E-state index contributed by atoms with van der Waals surface area (Å²) >= 11 is 5.89. The van der Waals surface area contributed by atoms with Crippen LogP contribution >= 0.6 is 11.6 Å². The smallest absolute Gasteiger partial charge is 0.0406 e. The van der Waals surface area contributed by atoms with E-state index in [9.17, 15) is 0 Å². The van der Waals surface area contributed by atoms with Crippen molar-refractivity contribution in [3.05, 3.63) is 34.9 Å². The fraction of sp³-hybridized carbons (Fsp3) is 0.571. The largest absolute Gasteiger partial charge is 0.319 e. The first-order valence-electron chi connectivity index (χ1n) is 5.99. The topological polar surface area (TPSA) is 12.0 Å². The fourth-order valence-electron chi connectivity index (χ4n) is 2.36. The maximum atomic E-state index is 5.89. The first-order chi connectivity index (χ1) is 7.59. The van der Waals surface area contributed by atoms with Crippen LogP contribution in [-0.2, 0) is 6.42 Å². The van der Waals surface area contributed by atoms with E-state index in [0.29, 0.717) is 5.41 Å². The molecule has 0 amide bonds. The third-order valence-corrected chi connectivity index (χ3v) is 3.25. The molecule has 0 bridgehead atoms. The molecule has 0 aliphatic carbocycles. The molecule has 1 nitrogen and oxygen atoms in total. The molecule has 1 N–H and O–H groups in total. The molecule has 1 rings (SSSR count). The lowest BCUT2D eigenvalue weighted by molar-refractivity contribution is 0.283. The standard InChI is InChI=1S/C14H22ClN/c1-4-9-14(2,11-16-3)10-12-5-7-13(15)8-6-12/h5-8,16H,4,9-11H2,1-3H3. The number of hydrogen-bond donors (Lipinski definition) is 1. The van der Waals surface area contributed by atoms with E-state index < -0.39 is 0 Å². The minimum atomic E-state index is 0.345. The molecule has 0 saturated heterocycles. The number of hydrogen-bond acceptors (Lipinski definition) is 1. The minimum Gasteiger partial charge on any atom is -0.319 e. The molecule has 0 aromatic heterocycles. The van der Waals surface area contributed by atoms with E-state index >= 15 is 0 Å². The highest BCUT2D eigenvalue weighted by Crippen LogP contribution is 2.28. The Bertz CT molecular complexity index is 299. The summed E-state index contributed by atoms with van der Waals surface area (Å²) in [6.07, 6.45) is 3.58. The molecular weight excluding hydrogens is 218 g/mol. The van der Waals surface area contributed by atoms with Crippen LogP contribution in [-0.4, -0.2) is 13.6 Å². The molecular formula is C14H22ClN. The third kappa shape index (κ3) is 4.15. The van der Waals surface area contributed by atoms with Crippen LogP contribution < -0.4 is 5.32 Å². The van der Waals surface area contributed by atoms with E-state index in [-0.39, 0.29) is 0 Å². The molecule has 0 aliphatic heterocycles. The van der Waals surface area contributed by atoms with Crippen LogP contribution in [0.25, 0.3) is 0 Å². The maximum absolute atomic E-state index is 5.89. The Labute approximate surface area is 104 Å². The molecule has 16 heavy (non-hydrogen) atoms. The van der Waals surface area contributed by atoms with Crippen molar-refractivity contribution in [3.8, 4) is 0 Å². The highest BCUT2D eigenvalue weighted by Gasteiger charge is 2.22. The van der Waals surface area contributed by atoms with Crippen LogP contribution in [0.4, 0.5) is 0 Å². The van der Waals surface area contributed by atoms with Crippen LogP contribution in [0.5, 0.6) is 0 Å². The van der Waals surface area contributed by atoms with E-state index in [1.165, 1.54) is 18.4 Å². The first-order valence-corrected chi connectivity index (χ1v) is 6.36. The average molecular weight is 240 g/mol. The number of halogens is 1. The lowest BCUT2D eigenvalue weighted by Crippen LogP contribution is -2.31. The van der Waals surface area contributed by atoms with Crippen LogP contribution in [0.2, 0.25) is 5.02 Å². The van der Waals surface area contributed by atoms with Gasteiger partial charge < -0.3 is 5.32 Å². The summed E-state index contributed by atoms with van der Waals surface area (Å²) in [7, 11) is 2.02. The fourth-order valence-corrected chi connectivity index (χ4v) is 2.49. The lowest BCUT2D eigenvalue weighted by Gasteiger charge is -2.29. The summed E-state index contributed by atoms with van der Waals surface area (Å²) < 4.78 is 0. The molecule has 0 heterocycles. The first kappa shape index (κ1) is 13.5. The van der Waals surface area contributed by atoms with Gasteiger partial charge in [-0.25, -0.2) is 0 Å². The van der Waals surface area contributed by atoms with E-state index in [1.54, 1.807) is 0 Å². The molecule has 1 aromatic rings. The summed E-state index contributed by atoms with van der Waals surface area (Å²) in [6, 6.07) is 8.21. The third-order valence-electron chi connectivity index (χ3n) is 3.00. The molecule has 1 atom stereocenters. The Kier molecular flexibility index (Phi) is 5.30. The molecule has 0 radical (unpaired) electrons. The summed E-state index contributed by atoms with van der Waals surface area (Å²) in [5, 5.41) is 4.11. The SMILES string of the molecule is CCCC(C)(CNC)Cc1ccc(Cl)cc1. The Hall–Kier alpha value is -0.530. The second-order valence-electron chi connectivity index (χ2n) is 4.89. The Balaban J connectivity index is 2.70. The summed E-state index contributed by atoms with van der Waals surface area (Å²) in [4.78, 5) is 0. The average Bonchev–Trinajstić information content (AvgIpc) is 2.22. The number of benzene rings is 1. The number of nitrogens with one attached hydrogen (secondary N) is 1. The van der Waals surface area contributed by atoms with E-state index in [1.807, 2.05) is 19.2 Å².